The van der Waals surface area contributed by atoms with E-state index in [1.165, 1.54) is 11.1 Å². The molecule has 39 heavy (non-hydrogen) atoms. The molecule has 200 valence electrons. The second-order valence-electron chi connectivity index (χ2n) is 11.6. The van der Waals surface area contributed by atoms with Crippen molar-refractivity contribution >= 4 is 17.6 Å². The van der Waals surface area contributed by atoms with Crippen LogP contribution >= 0.6 is 0 Å². The maximum atomic E-state index is 13.1. The Labute approximate surface area is 228 Å². The molecule has 3 heterocycles. The summed E-state index contributed by atoms with van der Waals surface area (Å²) in [4.78, 5) is 32.3. The van der Waals surface area contributed by atoms with E-state index in [9.17, 15) is 9.59 Å². The second-order valence-corrected chi connectivity index (χ2v) is 11.6. The van der Waals surface area contributed by atoms with Gasteiger partial charge in [0.25, 0.3) is 0 Å². The number of hydrogen-bond acceptors (Lipinski definition) is 4. The van der Waals surface area contributed by atoms with Gasteiger partial charge in [-0.1, -0.05) is 42.5 Å². The Morgan fingerprint density at radius 3 is 2.67 bits per heavy atom. The van der Waals surface area contributed by atoms with Gasteiger partial charge < -0.3 is 15.5 Å². The lowest BCUT2D eigenvalue weighted by atomic mass is 9.87. The van der Waals surface area contributed by atoms with Gasteiger partial charge in [0.2, 0.25) is 5.91 Å². The maximum Gasteiger partial charge on any atom is 0.318 e. The van der Waals surface area contributed by atoms with Gasteiger partial charge in [-0.05, 0) is 85.0 Å². The average Bonchev–Trinajstić information content (AvgIpc) is 3.60. The summed E-state index contributed by atoms with van der Waals surface area (Å²) in [6, 6.07) is 18.5. The molecule has 2 aromatic heterocycles. The third kappa shape index (κ3) is 5.24. The highest BCUT2D eigenvalue weighted by Gasteiger charge is 2.43. The van der Waals surface area contributed by atoms with Crippen LogP contribution in [0.5, 0.6) is 0 Å². The lowest BCUT2D eigenvalue weighted by Crippen LogP contribution is -2.50. The third-order valence-corrected chi connectivity index (χ3v) is 7.68. The highest BCUT2D eigenvalue weighted by atomic mass is 16.2. The van der Waals surface area contributed by atoms with Crippen molar-refractivity contribution in [2.75, 3.05) is 6.54 Å². The fraction of sp³-hybridized carbons (Fsp3) is 0.355. The first-order valence-electron chi connectivity index (χ1n) is 13.6. The van der Waals surface area contributed by atoms with E-state index in [2.05, 4.69) is 45.0 Å². The number of carbonyl (C=O) groups excluding carboxylic acids is 2. The van der Waals surface area contributed by atoms with Crippen LogP contribution in [0.25, 0.3) is 16.8 Å². The zero-order valence-corrected chi connectivity index (χ0v) is 22.6. The number of nitrogens with zero attached hydrogens (tertiary/aromatic N) is 4. The van der Waals surface area contributed by atoms with Crippen molar-refractivity contribution in [3.8, 4) is 11.1 Å². The molecular formula is C31H34N6O2. The van der Waals surface area contributed by atoms with E-state index in [0.717, 1.165) is 40.7 Å². The van der Waals surface area contributed by atoms with Gasteiger partial charge in [0, 0.05) is 37.3 Å². The van der Waals surface area contributed by atoms with Gasteiger partial charge in [0.15, 0.2) is 5.65 Å². The van der Waals surface area contributed by atoms with Crippen LogP contribution in [0.3, 0.4) is 0 Å². The van der Waals surface area contributed by atoms with Crippen molar-refractivity contribution in [2.24, 2.45) is 5.92 Å². The van der Waals surface area contributed by atoms with E-state index in [0.29, 0.717) is 25.6 Å². The van der Waals surface area contributed by atoms with Crippen LogP contribution in [0.1, 0.15) is 55.4 Å². The molecule has 2 N–H and O–H groups in total. The molecule has 0 bridgehead atoms. The molecule has 1 saturated carbocycles. The number of carbonyl (C=O) groups is 2. The normalized spacial score (nSPS) is 18.5. The molecule has 0 radical (unpaired) electrons. The van der Waals surface area contributed by atoms with Gasteiger partial charge >= 0.3 is 6.03 Å². The molecule has 0 spiro atoms. The fourth-order valence-corrected chi connectivity index (χ4v) is 5.60. The van der Waals surface area contributed by atoms with E-state index in [1.54, 1.807) is 10.8 Å². The molecule has 2 atom stereocenters. The van der Waals surface area contributed by atoms with Crippen molar-refractivity contribution in [2.45, 2.75) is 58.2 Å². The van der Waals surface area contributed by atoms with Crippen LogP contribution in [0.2, 0.25) is 0 Å². The summed E-state index contributed by atoms with van der Waals surface area (Å²) < 4.78 is 1.75. The molecule has 6 rings (SSSR count). The van der Waals surface area contributed by atoms with Crippen LogP contribution in [0.4, 0.5) is 4.79 Å². The molecule has 2 aliphatic rings. The number of amides is 3. The monoisotopic (exact) mass is 522 g/mol. The Hall–Kier alpha value is -4.20. The summed E-state index contributed by atoms with van der Waals surface area (Å²) in [6.07, 6.45) is 5.09. The largest absolute Gasteiger partial charge is 0.352 e. The average molecular weight is 523 g/mol. The van der Waals surface area contributed by atoms with E-state index in [4.69, 9.17) is 0 Å². The molecule has 2 aromatic carbocycles. The van der Waals surface area contributed by atoms with Crippen LogP contribution in [-0.2, 0) is 24.3 Å². The second kappa shape index (κ2) is 9.84. The molecule has 1 fully saturated rings. The van der Waals surface area contributed by atoms with Gasteiger partial charge in [-0.3, -0.25) is 4.79 Å². The Bertz CT molecular complexity index is 1540. The summed E-state index contributed by atoms with van der Waals surface area (Å²) in [5, 5.41) is 10.5. The van der Waals surface area contributed by atoms with E-state index < -0.39 is 0 Å². The summed E-state index contributed by atoms with van der Waals surface area (Å²) in [5.74, 6) is 0.412. The summed E-state index contributed by atoms with van der Waals surface area (Å²) in [6.45, 7) is 7.54. The molecule has 1 aliphatic heterocycles. The molecule has 1 aliphatic carbocycles. The lowest BCUT2D eigenvalue weighted by Gasteiger charge is -2.34. The van der Waals surface area contributed by atoms with Gasteiger partial charge in [-0.25, -0.2) is 14.3 Å². The van der Waals surface area contributed by atoms with Gasteiger partial charge in [0.05, 0.1) is 0 Å². The number of pyridine rings is 1. The third-order valence-electron chi connectivity index (χ3n) is 7.68. The molecule has 8 heteroatoms. The SMILES string of the molecule is CC(C)(C)NC(=O)N1CCc2c(-c3ccn4ncnc4c3)ccc(CNC(=O)C3CC3c3ccccc3)c2C1. The van der Waals surface area contributed by atoms with Crippen LogP contribution in [-0.4, -0.2) is 43.5 Å². The predicted molar refractivity (Wildman–Crippen MR) is 150 cm³/mol. The van der Waals surface area contributed by atoms with Crippen molar-refractivity contribution in [1.29, 1.82) is 0 Å². The number of fused-ring (bicyclic) bond motifs is 2. The van der Waals surface area contributed by atoms with Crippen molar-refractivity contribution in [3.05, 3.63) is 89.4 Å². The number of nitrogens with one attached hydrogen (secondary N) is 2. The van der Waals surface area contributed by atoms with Crippen LogP contribution < -0.4 is 10.6 Å². The van der Waals surface area contributed by atoms with Crippen molar-refractivity contribution < 1.29 is 9.59 Å². The quantitative estimate of drug-likeness (QED) is 0.398. The van der Waals surface area contributed by atoms with E-state index in [1.807, 2.05) is 62.2 Å². The number of rotatable bonds is 5. The number of urea groups is 1. The first-order valence-corrected chi connectivity index (χ1v) is 13.6. The summed E-state index contributed by atoms with van der Waals surface area (Å²) in [5.41, 5.74) is 7.28. The minimum Gasteiger partial charge on any atom is -0.352 e. The van der Waals surface area contributed by atoms with Crippen molar-refractivity contribution in [1.82, 2.24) is 30.1 Å². The molecule has 0 saturated heterocycles. The Morgan fingerprint density at radius 2 is 1.87 bits per heavy atom. The summed E-state index contributed by atoms with van der Waals surface area (Å²) >= 11 is 0. The summed E-state index contributed by atoms with van der Waals surface area (Å²) in [7, 11) is 0. The number of hydrogen-bond donors (Lipinski definition) is 2. The molecule has 8 nitrogen and oxygen atoms in total. The van der Waals surface area contributed by atoms with Crippen LogP contribution in [0.15, 0.2) is 67.1 Å². The predicted octanol–water partition coefficient (Wildman–Crippen LogP) is 4.68. The Kier molecular flexibility index (Phi) is 6.33. The Morgan fingerprint density at radius 1 is 1.05 bits per heavy atom. The van der Waals surface area contributed by atoms with Crippen LogP contribution in [0, 0.1) is 5.92 Å². The molecule has 2 unspecified atom stereocenters. The zero-order valence-electron chi connectivity index (χ0n) is 22.6. The standard InChI is InChI=1S/C31H34N6O2/c1-31(2,3)35-30(39)36-13-12-24-23(21-11-14-37-28(15-21)33-19-34-37)10-9-22(27(24)18-36)17-32-29(38)26-16-25(26)20-7-5-4-6-8-20/h4-11,14-15,19,25-26H,12-13,16-18H2,1-3H3,(H,32,38)(H,35,39). The molecular weight excluding hydrogens is 488 g/mol. The maximum absolute atomic E-state index is 13.1. The van der Waals surface area contributed by atoms with E-state index in [-0.39, 0.29) is 23.4 Å². The first-order chi connectivity index (χ1) is 18.8. The topological polar surface area (TPSA) is 91.6 Å². The van der Waals surface area contributed by atoms with Gasteiger partial charge in [-0.2, -0.15) is 5.10 Å². The minimum absolute atomic E-state index is 0.0199. The van der Waals surface area contributed by atoms with Gasteiger partial charge in [-0.15, -0.1) is 0 Å². The van der Waals surface area contributed by atoms with Crippen molar-refractivity contribution in [3.63, 3.8) is 0 Å². The van der Waals surface area contributed by atoms with E-state index >= 15 is 0 Å². The number of aromatic nitrogens is 3. The highest BCUT2D eigenvalue weighted by molar-refractivity contribution is 5.83. The van der Waals surface area contributed by atoms with Gasteiger partial charge in [0.1, 0.15) is 6.33 Å². The molecule has 4 aromatic rings. The molecule has 3 amide bonds. The lowest BCUT2D eigenvalue weighted by molar-refractivity contribution is -0.122. The zero-order chi connectivity index (χ0) is 27.1. The smallest absolute Gasteiger partial charge is 0.318 e. The highest BCUT2D eigenvalue weighted by Crippen LogP contribution is 2.47. The Balaban J connectivity index is 1.26. The minimum atomic E-state index is -0.316. The fourth-order valence-electron chi connectivity index (χ4n) is 5.60. The first kappa shape index (κ1) is 25.1. The number of benzene rings is 2.